The summed E-state index contributed by atoms with van der Waals surface area (Å²) in [7, 11) is 0. The molecule has 2 heterocycles. The average molecular weight is 418 g/mol. The summed E-state index contributed by atoms with van der Waals surface area (Å²) in [6.07, 6.45) is 0. The van der Waals surface area contributed by atoms with Crippen LogP contribution in [0.1, 0.15) is 11.1 Å². The molecule has 0 radical (unpaired) electrons. The highest BCUT2D eigenvalue weighted by molar-refractivity contribution is 5.80. The van der Waals surface area contributed by atoms with E-state index in [1.54, 1.807) is 54.6 Å². The average Bonchev–Trinajstić information content (AvgIpc) is 3.10. The topological polar surface area (TPSA) is 61.3 Å². The molecule has 5 rings (SSSR count). The van der Waals surface area contributed by atoms with Gasteiger partial charge in [-0.2, -0.15) is 0 Å². The largest absolute Gasteiger partial charge is 0.352 e. The van der Waals surface area contributed by atoms with E-state index < -0.39 is 11.5 Å². The SMILES string of the molecule is O=c1c2ccccc2n2c(=O)n(Cc3ccccc3F)nc2n1Cc1ccc(F)cc1. The van der Waals surface area contributed by atoms with Crippen LogP contribution in [0.15, 0.2) is 82.4 Å². The molecule has 5 aromatic rings. The minimum absolute atomic E-state index is 0.0771. The molecule has 0 fully saturated rings. The Hall–Kier alpha value is -4.07. The molecule has 0 saturated carbocycles. The highest BCUT2D eigenvalue weighted by Crippen LogP contribution is 2.14. The smallest absolute Gasteiger partial charge is 0.272 e. The molecule has 8 heteroatoms. The van der Waals surface area contributed by atoms with E-state index in [0.717, 1.165) is 4.68 Å². The Labute approximate surface area is 174 Å². The van der Waals surface area contributed by atoms with Crippen LogP contribution < -0.4 is 11.2 Å². The van der Waals surface area contributed by atoms with E-state index in [-0.39, 0.29) is 30.2 Å². The van der Waals surface area contributed by atoms with Gasteiger partial charge in [-0.1, -0.05) is 42.5 Å². The van der Waals surface area contributed by atoms with Crippen LogP contribution in [0.25, 0.3) is 16.7 Å². The van der Waals surface area contributed by atoms with Crippen molar-refractivity contribution in [2.24, 2.45) is 0 Å². The molecule has 2 aromatic heterocycles. The van der Waals surface area contributed by atoms with Crippen LogP contribution >= 0.6 is 0 Å². The predicted molar refractivity (Wildman–Crippen MR) is 112 cm³/mol. The number of hydrogen-bond donors (Lipinski definition) is 0. The van der Waals surface area contributed by atoms with Gasteiger partial charge in [-0.25, -0.2) is 22.7 Å². The van der Waals surface area contributed by atoms with Crippen molar-refractivity contribution < 1.29 is 8.78 Å². The van der Waals surface area contributed by atoms with E-state index in [0.29, 0.717) is 22.0 Å². The minimum atomic E-state index is -0.484. The zero-order valence-electron chi connectivity index (χ0n) is 16.2. The summed E-state index contributed by atoms with van der Waals surface area (Å²) in [5.41, 5.74) is 0.599. The fourth-order valence-electron chi connectivity index (χ4n) is 3.67. The van der Waals surface area contributed by atoms with Crippen LogP contribution in [0, 0.1) is 11.6 Å². The predicted octanol–water partition coefficient (Wildman–Crippen LogP) is 3.19. The van der Waals surface area contributed by atoms with Crippen molar-refractivity contribution in [3.63, 3.8) is 0 Å². The molecule has 0 bridgehead atoms. The standard InChI is InChI=1S/C23H16F2N4O2/c24-17-11-9-15(10-12-17)13-27-21(30)18-6-2-4-8-20(18)29-22(27)26-28(23(29)31)14-16-5-1-3-7-19(16)25/h1-12H,13-14H2. The van der Waals surface area contributed by atoms with Crippen molar-refractivity contribution in [3.05, 3.63) is 116 Å². The number of rotatable bonds is 4. The van der Waals surface area contributed by atoms with Crippen molar-refractivity contribution in [1.82, 2.24) is 18.7 Å². The molecule has 6 nitrogen and oxygen atoms in total. The van der Waals surface area contributed by atoms with Gasteiger partial charge in [0.05, 0.1) is 24.0 Å². The Morgan fingerprint density at radius 1 is 0.806 bits per heavy atom. The number of fused-ring (bicyclic) bond motifs is 3. The summed E-state index contributed by atoms with van der Waals surface area (Å²) in [5.74, 6) is -0.695. The summed E-state index contributed by atoms with van der Waals surface area (Å²) in [6.45, 7) is 0.0237. The molecule has 0 saturated heterocycles. The molecule has 3 aromatic carbocycles. The number of hydrogen-bond acceptors (Lipinski definition) is 3. The molecule has 0 amide bonds. The Balaban J connectivity index is 1.76. The molecular weight excluding hydrogens is 402 g/mol. The molecule has 0 aliphatic carbocycles. The molecule has 0 aliphatic heterocycles. The van der Waals surface area contributed by atoms with Crippen LogP contribution in [0.2, 0.25) is 0 Å². The first kappa shape index (κ1) is 18.9. The first-order valence-electron chi connectivity index (χ1n) is 9.62. The van der Waals surface area contributed by atoms with Gasteiger partial charge in [0.25, 0.3) is 5.56 Å². The first-order chi connectivity index (χ1) is 15.0. The quantitative estimate of drug-likeness (QED) is 0.450. The summed E-state index contributed by atoms with van der Waals surface area (Å²) >= 11 is 0. The monoisotopic (exact) mass is 418 g/mol. The normalized spacial score (nSPS) is 11.4. The van der Waals surface area contributed by atoms with Crippen LogP contribution in [-0.4, -0.2) is 18.7 Å². The molecule has 154 valence electrons. The summed E-state index contributed by atoms with van der Waals surface area (Å²) in [5, 5.41) is 4.71. The molecule has 0 unspecified atom stereocenters. The molecule has 31 heavy (non-hydrogen) atoms. The fraction of sp³-hybridized carbons (Fsp3) is 0.0870. The zero-order chi connectivity index (χ0) is 21.5. The Morgan fingerprint density at radius 2 is 1.52 bits per heavy atom. The van der Waals surface area contributed by atoms with E-state index in [1.807, 2.05) is 0 Å². The third kappa shape index (κ3) is 3.22. The van der Waals surface area contributed by atoms with Crippen LogP contribution in [0.4, 0.5) is 8.78 Å². The van der Waals surface area contributed by atoms with Crippen molar-refractivity contribution in [1.29, 1.82) is 0 Å². The van der Waals surface area contributed by atoms with Crippen LogP contribution in [-0.2, 0) is 13.1 Å². The number of para-hydroxylation sites is 1. The maximum Gasteiger partial charge on any atom is 0.352 e. The van der Waals surface area contributed by atoms with Gasteiger partial charge in [-0.15, -0.1) is 5.10 Å². The highest BCUT2D eigenvalue weighted by atomic mass is 19.1. The Bertz CT molecular complexity index is 1550. The molecule has 0 atom stereocenters. The maximum atomic E-state index is 14.1. The van der Waals surface area contributed by atoms with Crippen molar-refractivity contribution in [2.75, 3.05) is 0 Å². The third-order valence-electron chi connectivity index (χ3n) is 5.22. The van der Waals surface area contributed by atoms with Gasteiger partial charge in [-0.3, -0.25) is 9.36 Å². The van der Waals surface area contributed by atoms with Crippen molar-refractivity contribution in [3.8, 4) is 0 Å². The highest BCUT2D eigenvalue weighted by Gasteiger charge is 2.18. The lowest BCUT2D eigenvalue weighted by molar-refractivity contribution is 0.577. The Kier molecular flexibility index (Phi) is 4.47. The zero-order valence-corrected chi connectivity index (χ0v) is 16.2. The van der Waals surface area contributed by atoms with Gasteiger partial charge >= 0.3 is 5.69 Å². The summed E-state index contributed by atoms with van der Waals surface area (Å²) in [6, 6.07) is 18.6. The van der Waals surface area contributed by atoms with Gasteiger partial charge in [-0.05, 0) is 35.9 Å². The van der Waals surface area contributed by atoms with Crippen molar-refractivity contribution >= 4 is 16.7 Å². The van der Waals surface area contributed by atoms with E-state index in [1.165, 1.54) is 27.2 Å². The number of benzene rings is 3. The lowest BCUT2D eigenvalue weighted by atomic mass is 10.2. The van der Waals surface area contributed by atoms with Crippen LogP contribution in [0.5, 0.6) is 0 Å². The van der Waals surface area contributed by atoms with E-state index in [4.69, 9.17) is 0 Å². The van der Waals surface area contributed by atoms with Crippen LogP contribution in [0.3, 0.4) is 0 Å². The molecule has 0 N–H and O–H groups in total. The second-order valence-corrected chi connectivity index (χ2v) is 7.20. The Morgan fingerprint density at radius 3 is 2.29 bits per heavy atom. The van der Waals surface area contributed by atoms with Gasteiger partial charge in [0, 0.05) is 5.56 Å². The molecular formula is C23H16F2N4O2. The maximum absolute atomic E-state index is 14.1. The van der Waals surface area contributed by atoms with Gasteiger partial charge in [0.15, 0.2) is 0 Å². The van der Waals surface area contributed by atoms with Gasteiger partial charge in [0.1, 0.15) is 11.6 Å². The number of nitrogens with zero attached hydrogens (tertiary/aromatic N) is 4. The number of aromatic nitrogens is 4. The van der Waals surface area contributed by atoms with E-state index in [2.05, 4.69) is 5.10 Å². The summed E-state index contributed by atoms with van der Waals surface area (Å²) < 4.78 is 31.3. The van der Waals surface area contributed by atoms with E-state index in [9.17, 15) is 18.4 Å². The lowest BCUT2D eigenvalue weighted by Gasteiger charge is -2.09. The minimum Gasteiger partial charge on any atom is -0.272 e. The number of halogens is 2. The van der Waals surface area contributed by atoms with E-state index >= 15 is 0 Å². The van der Waals surface area contributed by atoms with Crippen molar-refractivity contribution in [2.45, 2.75) is 13.1 Å². The van der Waals surface area contributed by atoms with Gasteiger partial charge in [0.2, 0.25) is 5.78 Å². The first-order valence-corrected chi connectivity index (χ1v) is 9.62. The third-order valence-corrected chi connectivity index (χ3v) is 5.22. The lowest BCUT2D eigenvalue weighted by Crippen LogP contribution is -2.27. The summed E-state index contributed by atoms with van der Waals surface area (Å²) in [4.78, 5) is 26.4. The second kappa shape index (κ2) is 7.32. The molecule has 0 aliphatic rings. The van der Waals surface area contributed by atoms with Gasteiger partial charge < -0.3 is 0 Å². The molecule has 0 spiro atoms. The second-order valence-electron chi connectivity index (χ2n) is 7.20. The fourth-order valence-corrected chi connectivity index (χ4v) is 3.67.